The minimum atomic E-state index is -0.660. The third-order valence-electron chi connectivity index (χ3n) is 3.29. The molecule has 1 aliphatic heterocycles. The Balaban J connectivity index is 2.81. The number of nitrogens with one attached hydrogen (secondary N) is 2. The molecular weight excluding hydrogens is 248 g/mol. The number of carbonyl (C=O) groups is 2. The molecule has 1 rings (SSSR count). The van der Waals surface area contributed by atoms with E-state index in [0.717, 1.165) is 6.42 Å². The molecule has 0 saturated carbocycles. The largest absolute Gasteiger partial charge is 0.453 e. The molecule has 19 heavy (non-hydrogen) atoms. The highest BCUT2D eigenvalue weighted by Gasteiger charge is 2.36. The van der Waals surface area contributed by atoms with Crippen molar-refractivity contribution in [3.8, 4) is 0 Å². The van der Waals surface area contributed by atoms with Gasteiger partial charge in [0.15, 0.2) is 0 Å². The molecule has 7 nitrogen and oxygen atoms in total. The average molecular weight is 270 g/mol. The van der Waals surface area contributed by atoms with Crippen LogP contribution in [0.1, 0.15) is 26.7 Å². The molecule has 1 aliphatic rings. The van der Waals surface area contributed by atoms with Gasteiger partial charge in [-0.15, -0.1) is 0 Å². The maximum absolute atomic E-state index is 12.5. The molecule has 1 heterocycles. The van der Waals surface area contributed by atoms with Crippen LogP contribution in [0.4, 0.5) is 4.79 Å². The summed E-state index contributed by atoms with van der Waals surface area (Å²) >= 11 is 0. The van der Waals surface area contributed by atoms with Crippen LogP contribution in [-0.4, -0.2) is 48.5 Å². The summed E-state index contributed by atoms with van der Waals surface area (Å²) in [5, 5.41) is 10.1. The Kier molecular flexibility index (Phi) is 5.14. The fourth-order valence-electron chi connectivity index (χ4n) is 2.23. The van der Waals surface area contributed by atoms with Crippen molar-refractivity contribution in [3.63, 3.8) is 0 Å². The van der Waals surface area contributed by atoms with Gasteiger partial charge in [-0.2, -0.15) is 0 Å². The number of amidine groups is 1. The van der Waals surface area contributed by atoms with E-state index in [1.54, 1.807) is 4.90 Å². The Morgan fingerprint density at radius 1 is 1.47 bits per heavy atom. The second-order valence-electron chi connectivity index (χ2n) is 5.00. The van der Waals surface area contributed by atoms with Crippen molar-refractivity contribution in [3.05, 3.63) is 0 Å². The summed E-state index contributed by atoms with van der Waals surface area (Å²) in [7, 11) is 1.26. The van der Waals surface area contributed by atoms with Crippen LogP contribution < -0.4 is 11.1 Å². The number of carbonyl (C=O) groups excluding carboxylic acids is 2. The summed E-state index contributed by atoms with van der Waals surface area (Å²) in [6, 6.07) is -1.01. The van der Waals surface area contributed by atoms with Crippen LogP contribution in [0.5, 0.6) is 0 Å². The van der Waals surface area contributed by atoms with Crippen LogP contribution in [0.3, 0.4) is 0 Å². The predicted octanol–water partition coefficient (Wildman–Crippen LogP) is 0.294. The normalized spacial score (nSPS) is 20.2. The topological polar surface area (TPSA) is 109 Å². The lowest BCUT2D eigenvalue weighted by Gasteiger charge is -2.30. The highest BCUT2D eigenvalue weighted by molar-refractivity contribution is 5.92. The molecule has 1 fully saturated rings. The van der Waals surface area contributed by atoms with Gasteiger partial charge in [-0.25, -0.2) is 4.79 Å². The van der Waals surface area contributed by atoms with Crippen molar-refractivity contribution in [2.75, 3.05) is 13.7 Å². The number of nitrogens with two attached hydrogens (primary N) is 1. The van der Waals surface area contributed by atoms with Crippen LogP contribution in [0.2, 0.25) is 0 Å². The van der Waals surface area contributed by atoms with E-state index < -0.39 is 12.1 Å². The Hall–Kier alpha value is -1.79. The standard InChI is InChI=1S/C12H22N4O3/c1-7(2)9(15-12(18)19-3)11(17)16-6-4-5-8(16)10(13)14/h7-9H,4-6H2,1-3H3,(H3,13,14)(H,15,18)/t8-,9-/m0/s1. The number of hydrogen-bond acceptors (Lipinski definition) is 4. The van der Waals surface area contributed by atoms with Crippen molar-refractivity contribution < 1.29 is 14.3 Å². The van der Waals surface area contributed by atoms with Crippen molar-refractivity contribution in [2.45, 2.75) is 38.8 Å². The van der Waals surface area contributed by atoms with Gasteiger partial charge in [-0.1, -0.05) is 13.8 Å². The molecule has 2 amide bonds. The monoisotopic (exact) mass is 270 g/mol. The van der Waals surface area contributed by atoms with Crippen LogP contribution >= 0.6 is 0 Å². The zero-order valence-corrected chi connectivity index (χ0v) is 11.6. The second kappa shape index (κ2) is 6.40. The van der Waals surface area contributed by atoms with E-state index in [2.05, 4.69) is 10.1 Å². The average Bonchev–Trinajstić information content (AvgIpc) is 2.83. The van der Waals surface area contributed by atoms with E-state index in [0.29, 0.717) is 13.0 Å². The molecule has 0 aliphatic carbocycles. The van der Waals surface area contributed by atoms with Crippen molar-refractivity contribution in [2.24, 2.45) is 11.7 Å². The third-order valence-corrected chi connectivity index (χ3v) is 3.29. The van der Waals surface area contributed by atoms with E-state index in [1.165, 1.54) is 7.11 Å². The lowest BCUT2D eigenvalue weighted by atomic mass is 10.0. The second-order valence-corrected chi connectivity index (χ2v) is 5.00. The lowest BCUT2D eigenvalue weighted by Crippen LogP contribution is -2.54. The first kappa shape index (κ1) is 15.3. The molecule has 0 aromatic carbocycles. The van der Waals surface area contributed by atoms with Gasteiger partial charge >= 0.3 is 6.09 Å². The van der Waals surface area contributed by atoms with Crippen molar-refractivity contribution in [1.82, 2.24) is 10.2 Å². The van der Waals surface area contributed by atoms with Gasteiger partial charge in [0.25, 0.3) is 0 Å². The molecule has 0 aromatic rings. The van der Waals surface area contributed by atoms with Crippen LogP contribution in [0, 0.1) is 11.3 Å². The summed E-state index contributed by atoms with van der Waals surface area (Å²) in [4.78, 5) is 25.3. The van der Waals surface area contributed by atoms with Gasteiger partial charge in [0.05, 0.1) is 13.2 Å². The van der Waals surface area contributed by atoms with Gasteiger partial charge in [0, 0.05) is 6.54 Å². The number of likely N-dealkylation sites (tertiary alicyclic amines) is 1. The zero-order valence-electron chi connectivity index (χ0n) is 11.6. The molecule has 0 bridgehead atoms. The van der Waals surface area contributed by atoms with Gasteiger partial charge in [-0.05, 0) is 18.8 Å². The maximum atomic E-state index is 12.5. The van der Waals surface area contributed by atoms with Gasteiger partial charge < -0.3 is 20.7 Å². The zero-order chi connectivity index (χ0) is 14.6. The molecule has 2 atom stereocenters. The van der Waals surface area contributed by atoms with Crippen LogP contribution in [-0.2, 0) is 9.53 Å². The minimum absolute atomic E-state index is 0.00794. The number of nitrogens with zero attached hydrogens (tertiary/aromatic N) is 1. The van der Waals surface area contributed by atoms with Gasteiger partial charge in [-0.3, -0.25) is 10.2 Å². The summed E-state index contributed by atoms with van der Waals surface area (Å²) in [5.41, 5.74) is 5.51. The first-order valence-corrected chi connectivity index (χ1v) is 6.37. The summed E-state index contributed by atoms with van der Waals surface area (Å²) in [6.07, 6.45) is 0.883. The van der Waals surface area contributed by atoms with Crippen LogP contribution in [0.25, 0.3) is 0 Å². The highest BCUT2D eigenvalue weighted by Crippen LogP contribution is 2.20. The minimum Gasteiger partial charge on any atom is -0.453 e. The predicted molar refractivity (Wildman–Crippen MR) is 70.8 cm³/mol. The Bertz CT molecular complexity index is 370. The Labute approximate surface area is 113 Å². The molecule has 4 N–H and O–H groups in total. The highest BCUT2D eigenvalue weighted by atomic mass is 16.5. The lowest BCUT2D eigenvalue weighted by molar-refractivity contribution is -0.134. The third kappa shape index (κ3) is 3.59. The van der Waals surface area contributed by atoms with Crippen molar-refractivity contribution in [1.29, 1.82) is 5.41 Å². The molecule has 0 radical (unpaired) electrons. The van der Waals surface area contributed by atoms with E-state index in [9.17, 15) is 9.59 Å². The van der Waals surface area contributed by atoms with Crippen LogP contribution in [0.15, 0.2) is 0 Å². The van der Waals surface area contributed by atoms with E-state index in [4.69, 9.17) is 11.1 Å². The van der Waals surface area contributed by atoms with Gasteiger partial charge in [0.2, 0.25) is 5.91 Å². The molecule has 7 heteroatoms. The molecule has 0 spiro atoms. The number of rotatable bonds is 4. The van der Waals surface area contributed by atoms with E-state index in [-0.39, 0.29) is 23.7 Å². The maximum Gasteiger partial charge on any atom is 0.407 e. The number of ether oxygens (including phenoxy) is 1. The number of amides is 2. The first-order chi connectivity index (χ1) is 8.88. The molecule has 0 aromatic heterocycles. The first-order valence-electron chi connectivity index (χ1n) is 6.37. The summed E-state index contributed by atoms with van der Waals surface area (Å²) in [6.45, 7) is 4.25. The Morgan fingerprint density at radius 3 is 2.58 bits per heavy atom. The number of methoxy groups -OCH3 is 1. The quantitative estimate of drug-likeness (QED) is 0.504. The molecule has 1 saturated heterocycles. The fourth-order valence-corrected chi connectivity index (χ4v) is 2.23. The number of hydrogen-bond donors (Lipinski definition) is 3. The SMILES string of the molecule is COC(=O)N[C@H](C(=O)N1CCC[C@H]1C(=N)N)C(C)C. The van der Waals surface area contributed by atoms with Crippen molar-refractivity contribution >= 4 is 17.8 Å². The number of alkyl carbamates (subject to hydrolysis) is 1. The molecule has 0 unspecified atom stereocenters. The molecule has 108 valence electrons. The molecular formula is C12H22N4O3. The van der Waals surface area contributed by atoms with E-state index in [1.807, 2.05) is 13.8 Å². The fraction of sp³-hybridized carbons (Fsp3) is 0.750. The van der Waals surface area contributed by atoms with E-state index >= 15 is 0 Å². The van der Waals surface area contributed by atoms with Gasteiger partial charge in [0.1, 0.15) is 11.9 Å². The summed E-state index contributed by atoms with van der Waals surface area (Å²) < 4.78 is 4.53. The summed E-state index contributed by atoms with van der Waals surface area (Å²) in [5.74, 6) is -0.288. The smallest absolute Gasteiger partial charge is 0.407 e. The Morgan fingerprint density at radius 2 is 2.11 bits per heavy atom.